The maximum Gasteiger partial charge on any atom is 0.412 e. The van der Waals surface area contributed by atoms with Gasteiger partial charge in [-0.3, -0.25) is 10.1 Å². The van der Waals surface area contributed by atoms with E-state index in [1.165, 1.54) is 0 Å². The molecule has 0 aliphatic heterocycles. The van der Waals surface area contributed by atoms with Crippen LogP contribution in [0.1, 0.15) is 49.6 Å². The number of benzene rings is 3. The second-order valence-corrected chi connectivity index (χ2v) is 10.0. The predicted octanol–water partition coefficient (Wildman–Crippen LogP) is 7.51. The first-order valence-corrected chi connectivity index (χ1v) is 13.2. The largest absolute Gasteiger partial charge is 0.466 e. The third-order valence-electron chi connectivity index (χ3n) is 7.18. The molecule has 1 heterocycles. The SMILES string of the molecule is CCOC(=O)C1(Cc2ccc(-c3ccc(-c4onc(C)c4NC(=O)O[C@H](C)c4ccccc4)cc3)cc2)CC1. The van der Waals surface area contributed by atoms with Crippen molar-refractivity contribution < 1.29 is 23.6 Å². The van der Waals surface area contributed by atoms with Gasteiger partial charge in [-0.05, 0) is 62.3 Å². The fourth-order valence-corrected chi connectivity index (χ4v) is 4.71. The van der Waals surface area contributed by atoms with Gasteiger partial charge in [0.05, 0.1) is 12.0 Å². The number of hydrogen-bond acceptors (Lipinski definition) is 6. The lowest BCUT2D eigenvalue weighted by Crippen LogP contribution is -2.21. The molecule has 0 bridgehead atoms. The van der Waals surface area contributed by atoms with Gasteiger partial charge in [0.2, 0.25) is 0 Å². The van der Waals surface area contributed by atoms with Gasteiger partial charge in [-0.1, -0.05) is 84.0 Å². The molecule has 1 aliphatic carbocycles. The summed E-state index contributed by atoms with van der Waals surface area (Å²) >= 11 is 0. The molecule has 4 aromatic rings. The summed E-state index contributed by atoms with van der Waals surface area (Å²) in [5.41, 5.74) is 5.62. The second-order valence-electron chi connectivity index (χ2n) is 10.0. The third-order valence-corrected chi connectivity index (χ3v) is 7.18. The standard InChI is InChI=1S/C32H32N2O5/c1-4-37-30(35)32(18-19-32)20-23-10-12-25(13-11-23)26-14-16-27(17-15-26)29-28(21(2)34-39-29)33-31(36)38-22(3)24-8-6-5-7-9-24/h5-17,22H,4,18-20H2,1-3H3,(H,33,36)/t22-/m1/s1. The first-order valence-electron chi connectivity index (χ1n) is 13.2. The topological polar surface area (TPSA) is 90.7 Å². The van der Waals surface area contributed by atoms with Gasteiger partial charge < -0.3 is 14.0 Å². The zero-order valence-corrected chi connectivity index (χ0v) is 22.4. The number of carbonyl (C=O) groups excluding carboxylic acids is 2. The maximum atomic E-state index is 12.6. The van der Waals surface area contributed by atoms with E-state index in [9.17, 15) is 9.59 Å². The molecule has 1 saturated carbocycles. The van der Waals surface area contributed by atoms with Crippen LogP contribution >= 0.6 is 0 Å². The lowest BCUT2D eigenvalue weighted by atomic mass is 9.94. The number of nitrogens with zero attached hydrogens (tertiary/aromatic N) is 1. The number of nitrogens with one attached hydrogen (secondary N) is 1. The lowest BCUT2D eigenvalue weighted by Gasteiger charge is -2.14. The number of amides is 1. The molecule has 39 heavy (non-hydrogen) atoms. The van der Waals surface area contributed by atoms with Crippen molar-refractivity contribution in [1.29, 1.82) is 0 Å². The normalized spacial score (nSPS) is 14.3. The van der Waals surface area contributed by atoms with Crippen LogP contribution in [-0.4, -0.2) is 23.8 Å². The third kappa shape index (κ3) is 5.87. The number of ether oxygens (including phenoxy) is 2. The van der Waals surface area contributed by atoms with Gasteiger partial charge in [-0.25, -0.2) is 4.79 Å². The molecule has 1 N–H and O–H groups in total. The predicted molar refractivity (Wildman–Crippen MR) is 149 cm³/mol. The maximum absolute atomic E-state index is 12.6. The molecule has 0 unspecified atom stereocenters. The van der Waals surface area contributed by atoms with Gasteiger partial charge in [0, 0.05) is 5.56 Å². The van der Waals surface area contributed by atoms with Crippen molar-refractivity contribution in [1.82, 2.24) is 5.16 Å². The summed E-state index contributed by atoms with van der Waals surface area (Å²) in [6.45, 7) is 5.85. The summed E-state index contributed by atoms with van der Waals surface area (Å²) < 4.78 is 16.4. The Hall–Kier alpha value is -4.39. The molecule has 3 aromatic carbocycles. The molecule has 7 heteroatoms. The van der Waals surface area contributed by atoms with Crippen LogP contribution in [0.2, 0.25) is 0 Å². The zero-order valence-electron chi connectivity index (χ0n) is 22.4. The minimum atomic E-state index is -0.577. The van der Waals surface area contributed by atoms with Gasteiger partial charge in [0.25, 0.3) is 0 Å². The van der Waals surface area contributed by atoms with Crippen LogP contribution in [0.3, 0.4) is 0 Å². The highest BCUT2D eigenvalue weighted by Gasteiger charge is 2.50. The number of esters is 1. The number of anilines is 1. The average Bonchev–Trinajstić information content (AvgIpc) is 3.66. The average molecular weight is 525 g/mol. The lowest BCUT2D eigenvalue weighted by molar-refractivity contribution is -0.149. The van der Waals surface area contributed by atoms with Gasteiger partial charge in [-0.15, -0.1) is 0 Å². The van der Waals surface area contributed by atoms with Gasteiger partial charge in [-0.2, -0.15) is 0 Å². The Morgan fingerprint density at radius 1 is 0.949 bits per heavy atom. The van der Waals surface area contributed by atoms with Crippen molar-refractivity contribution in [3.8, 4) is 22.5 Å². The molecule has 0 spiro atoms. The highest BCUT2D eigenvalue weighted by Crippen LogP contribution is 2.49. The number of hydrogen-bond donors (Lipinski definition) is 1. The monoisotopic (exact) mass is 524 g/mol. The van der Waals surface area contributed by atoms with Crippen LogP contribution in [0.5, 0.6) is 0 Å². The Kier molecular flexibility index (Phi) is 7.50. The van der Waals surface area contributed by atoms with Crippen molar-refractivity contribution in [3.05, 3.63) is 95.7 Å². The zero-order chi connectivity index (χ0) is 27.4. The minimum absolute atomic E-state index is 0.0832. The Labute approximate surface area is 228 Å². The first-order chi connectivity index (χ1) is 18.9. The summed E-state index contributed by atoms with van der Waals surface area (Å²) in [5, 5.41) is 6.85. The van der Waals surface area contributed by atoms with E-state index in [0.29, 0.717) is 30.2 Å². The van der Waals surface area contributed by atoms with Crippen molar-refractivity contribution in [2.75, 3.05) is 11.9 Å². The molecule has 0 saturated heterocycles. The van der Waals surface area contributed by atoms with Crippen LogP contribution < -0.4 is 5.32 Å². The van der Waals surface area contributed by atoms with Crippen LogP contribution in [0.4, 0.5) is 10.5 Å². The molecular formula is C32H32N2O5. The van der Waals surface area contributed by atoms with Crippen molar-refractivity contribution in [2.45, 2.75) is 46.1 Å². The Morgan fingerprint density at radius 3 is 2.18 bits per heavy atom. The first kappa shape index (κ1) is 26.2. The van der Waals surface area contributed by atoms with Crippen LogP contribution in [0.25, 0.3) is 22.5 Å². The number of rotatable bonds is 9. The molecule has 1 fully saturated rings. The van der Waals surface area contributed by atoms with Crippen LogP contribution in [-0.2, 0) is 20.7 Å². The van der Waals surface area contributed by atoms with Gasteiger partial charge in [0.1, 0.15) is 17.5 Å². The Bertz CT molecular complexity index is 1440. The van der Waals surface area contributed by atoms with Crippen molar-refractivity contribution in [3.63, 3.8) is 0 Å². The molecule has 0 radical (unpaired) electrons. The Morgan fingerprint density at radius 2 is 1.56 bits per heavy atom. The molecule has 1 amide bonds. The van der Waals surface area contributed by atoms with E-state index in [1.54, 1.807) is 6.92 Å². The number of carbonyl (C=O) groups is 2. The van der Waals surface area contributed by atoms with E-state index in [1.807, 2.05) is 68.4 Å². The highest BCUT2D eigenvalue weighted by atomic mass is 16.6. The summed E-state index contributed by atoms with van der Waals surface area (Å²) in [4.78, 5) is 24.9. The smallest absolute Gasteiger partial charge is 0.412 e. The highest BCUT2D eigenvalue weighted by molar-refractivity contribution is 5.91. The van der Waals surface area contributed by atoms with E-state index in [4.69, 9.17) is 14.0 Å². The molecular weight excluding hydrogens is 492 g/mol. The molecule has 1 aliphatic rings. The van der Waals surface area contributed by atoms with E-state index in [0.717, 1.165) is 40.7 Å². The summed E-state index contributed by atoms with van der Waals surface area (Å²) in [5.74, 6) is 0.382. The number of aromatic nitrogens is 1. The fraction of sp³-hybridized carbons (Fsp3) is 0.281. The number of aryl methyl sites for hydroxylation is 1. The van der Waals surface area contributed by atoms with Crippen molar-refractivity contribution >= 4 is 17.7 Å². The summed E-state index contributed by atoms with van der Waals surface area (Å²) in [7, 11) is 0. The Balaban J connectivity index is 1.25. The molecule has 200 valence electrons. The van der Waals surface area contributed by atoms with E-state index in [-0.39, 0.29) is 11.4 Å². The van der Waals surface area contributed by atoms with E-state index < -0.39 is 12.2 Å². The van der Waals surface area contributed by atoms with Crippen LogP contribution in [0.15, 0.2) is 83.4 Å². The molecule has 1 atom stereocenters. The van der Waals surface area contributed by atoms with E-state index in [2.05, 4.69) is 34.7 Å². The van der Waals surface area contributed by atoms with E-state index >= 15 is 0 Å². The summed E-state index contributed by atoms with van der Waals surface area (Å²) in [6, 6.07) is 25.7. The minimum Gasteiger partial charge on any atom is -0.466 e. The fourth-order valence-electron chi connectivity index (χ4n) is 4.71. The van der Waals surface area contributed by atoms with Crippen LogP contribution in [0, 0.1) is 12.3 Å². The van der Waals surface area contributed by atoms with Gasteiger partial charge in [0.15, 0.2) is 5.76 Å². The molecule has 1 aromatic heterocycles. The second kappa shape index (κ2) is 11.2. The van der Waals surface area contributed by atoms with Crippen molar-refractivity contribution in [2.24, 2.45) is 5.41 Å². The molecule has 7 nitrogen and oxygen atoms in total. The summed E-state index contributed by atoms with van der Waals surface area (Å²) in [6.07, 6.45) is 1.50. The van der Waals surface area contributed by atoms with Gasteiger partial charge >= 0.3 is 12.1 Å². The molecule has 5 rings (SSSR count). The quantitative estimate of drug-likeness (QED) is 0.228.